The molecule has 0 fully saturated rings. The topological polar surface area (TPSA) is 168 Å². The number of para-hydroxylation sites is 2. The normalized spacial score (nSPS) is 16.2. The molecule has 5 aromatic rings. The van der Waals surface area contributed by atoms with Gasteiger partial charge >= 0.3 is 5.97 Å². The van der Waals surface area contributed by atoms with Gasteiger partial charge in [0.25, 0.3) is 0 Å². The van der Waals surface area contributed by atoms with Crippen LogP contribution in [0.1, 0.15) is 29.3 Å². The van der Waals surface area contributed by atoms with Crippen LogP contribution in [0.15, 0.2) is 85.1 Å². The van der Waals surface area contributed by atoms with Crippen molar-refractivity contribution in [3.05, 3.63) is 107 Å². The van der Waals surface area contributed by atoms with E-state index in [1.165, 1.54) is 0 Å². The minimum Gasteiger partial charge on any atom is -0.480 e. The predicted octanol–water partition coefficient (Wildman–Crippen LogP) is 2.71. The summed E-state index contributed by atoms with van der Waals surface area (Å²) in [7, 11) is 0. The highest BCUT2D eigenvalue weighted by Crippen LogP contribution is 2.26. The number of aliphatic carboxylic acids is 1. The van der Waals surface area contributed by atoms with Crippen molar-refractivity contribution in [3.8, 4) is 0 Å². The first-order valence-corrected chi connectivity index (χ1v) is 15.3. The van der Waals surface area contributed by atoms with E-state index in [1.807, 2.05) is 78.9 Å². The predicted molar refractivity (Wildman–Crippen MR) is 174 cm³/mol. The Balaban J connectivity index is 1.12. The zero-order valence-corrected chi connectivity index (χ0v) is 25.3. The van der Waals surface area contributed by atoms with Crippen LogP contribution in [0.2, 0.25) is 0 Å². The highest BCUT2D eigenvalue weighted by molar-refractivity contribution is 5.95. The minimum atomic E-state index is -1.23. The van der Waals surface area contributed by atoms with E-state index < -0.39 is 42.0 Å². The van der Waals surface area contributed by atoms with Gasteiger partial charge in [-0.2, -0.15) is 0 Å². The first-order chi connectivity index (χ1) is 22.3. The van der Waals surface area contributed by atoms with Gasteiger partial charge in [-0.1, -0.05) is 66.7 Å². The number of carboxylic acid groups (broad SMARTS) is 1. The second kappa shape index (κ2) is 13.3. The lowest BCUT2D eigenvalue weighted by atomic mass is 9.98. The van der Waals surface area contributed by atoms with Crippen molar-refractivity contribution in [2.75, 3.05) is 0 Å². The number of nitrogens with one attached hydrogen (secondary N) is 6. The molecule has 236 valence electrons. The summed E-state index contributed by atoms with van der Waals surface area (Å²) in [5.41, 5.74) is 5.52. The van der Waals surface area contributed by atoms with Crippen LogP contribution in [0.4, 0.5) is 0 Å². The molecule has 11 heteroatoms. The zero-order valence-electron chi connectivity index (χ0n) is 25.3. The SMILES string of the molecule is C[C@H](NC(=O)[C@@H]1Cc2c([nH]c3ccccc23)CN1)C(=O)N[C@@H](Cc1ccccc1)C(=O)N[C@@H](Cc1c[nH]c2ccccc12)C(=O)O. The van der Waals surface area contributed by atoms with Crippen LogP contribution in [0.3, 0.4) is 0 Å². The van der Waals surface area contributed by atoms with Crippen molar-refractivity contribution in [1.82, 2.24) is 31.2 Å². The van der Waals surface area contributed by atoms with Gasteiger partial charge in [-0.25, -0.2) is 4.79 Å². The maximum absolute atomic E-state index is 13.6. The van der Waals surface area contributed by atoms with Gasteiger partial charge in [-0.05, 0) is 42.2 Å². The van der Waals surface area contributed by atoms with Gasteiger partial charge in [0.2, 0.25) is 17.7 Å². The Morgan fingerprint density at radius 2 is 1.48 bits per heavy atom. The van der Waals surface area contributed by atoms with Crippen molar-refractivity contribution in [2.45, 2.75) is 56.9 Å². The van der Waals surface area contributed by atoms with E-state index in [0.717, 1.165) is 44.2 Å². The second-order valence-electron chi connectivity index (χ2n) is 11.7. The Morgan fingerprint density at radius 1 is 0.804 bits per heavy atom. The van der Waals surface area contributed by atoms with Gasteiger partial charge in [0.15, 0.2) is 0 Å². The van der Waals surface area contributed by atoms with E-state index in [-0.39, 0.29) is 18.7 Å². The average Bonchev–Trinajstić information content (AvgIpc) is 3.65. The van der Waals surface area contributed by atoms with Gasteiger partial charge in [0, 0.05) is 53.1 Å². The molecule has 0 radical (unpaired) electrons. The third-order valence-corrected chi connectivity index (χ3v) is 8.53. The number of aromatic nitrogens is 2. The fourth-order valence-electron chi connectivity index (χ4n) is 6.05. The molecule has 46 heavy (non-hydrogen) atoms. The summed E-state index contributed by atoms with van der Waals surface area (Å²) in [5.74, 6) is -2.71. The van der Waals surface area contributed by atoms with Gasteiger partial charge in [0.05, 0.1) is 6.04 Å². The Labute approximate surface area is 265 Å². The smallest absolute Gasteiger partial charge is 0.326 e. The van der Waals surface area contributed by atoms with Crippen molar-refractivity contribution in [1.29, 1.82) is 0 Å². The monoisotopic (exact) mass is 620 g/mol. The minimum absolute atomic E-state index is 0.0517. The van der Waals surface area contributed by atoms with Crippen LogP contribution in [0, 0.1) is 0 Å². The molecule has 4 atom stereocenters. The highest BCUT2D eigenvalue weighted by atomic mass is 16.4. The summed E-state index contributed by atoms with van der Waals surface area (Å²) in [6.07, 6.45) is 2.38. The summed E-state index contributed by atoms with van der Waals surface area (Å²) < 4.78 is 0. The van der Waals surface area contributed by atoms with E-state index >= 15 is 0 Å². The van der Waals surface area contributed by atoms with E-state index in [9.17, 15) is 24.3 Å². The van der Waals surface area contributed by atoms with E-state index in [1.54, 1.807) is 13.1 Å². The van der Waals surface area contributed by atoms with Crippen LogP contribution in [0.5, 0.6) is 0 Å². The summed E-state index contributed by atoms with van der Waals surface area (Å²) in [6, 6.07) is 20.8. The van der Waals surface area contributed by atoms with Crippen LogP contribution < -0.4 is 21.3 Å². The number of aromatic amines is 2. The molecule has 1 aliphatic rings. The molecule has 3 aromatic carbocycles. The number of carboxylic acids is 1. The maximum Gasteiger partial charge on any atom is 0.326 e. The molecule has 0 bridgehead atoms. The van der Waals surface area contributed by atoms with Crippen molar-refractivity contribution < 1.29 is 24.3 Å². The molecule has 0 aliphatic carbocycles. The number of carbonyl (C=O) groups is 4. The Hall–Kier alpha value is -5.42. The number of carbonyl (C=O) groups excluding carboxylic acids is 3. The fraction of sp³-hybridized carbons (Fsp3) is 0.257. The third-order valence-electron chi connectivity index (χ3n) is 8.53. The summed E-state index contributed by atoms with van der Waals surface area (Å²) in [5, 5.41) is 23.3. The summed E-state index contributed by atoms with van der Waals surface area (Å²) in [6.45, 7) is 2.05. The third kappa shape index (κ3) is 6.64. The molecule has 0 saturated heterocycles. The molecule has 3 amide bonds. The molecular formula is C35H36N6O5. The number of amides is 3. The molecule has 0 spiro atoms. The number of hydrogen-bond donors (Lipinski definition) is 7. The lowest BCUT2D eigenvalue weighted by Crippen LogP contribution is -2.57. The Kier molecular flexibility index (Phi) is 8.84. The molecule has 0 unspecified atom stereocenters. The molecule has 2 aromatic heterocycles. The molecule has 0 saturated carbocycles. The second-order valence-corrected chi connectivity index (χ2v) is 11.7. The summed E-state index contributed by atoms with van der Waals surface area (Å²) >= 11 is 0. The average molecular weight is 621 g/mol. The Morgan fingerprint density at radius 3 is 2.24 bits per heavy atom. The maximum atomic E-state index is 13.6. The van der Waals surface area contributed by atoms with Crippen LogP contribution in [-0.4, -0.2) is 62.9 Å². The van der Waals surface area contributed by atoms with Crippen molar-refractivity contribution in [3.63, 3.8) is 0 Å². The van der Waals surface area contributed by atoms with Gasteiger partial charge in [0.1, 0.15) is 18.1 Å². The van der Waals surface area contributed by atoms with Crippen LogP contribution >= 0.6 is 0 Å². The quantitative estimate of drug-likeness (QED) is 0.120. The number of fused-ring (bicyclic) bond motifs is 4. The number of rotatable bonds is 11. The van der Waals surface area contributed by atoms with Crippen LogP contribution in [0.25, 0.3) is 21.8 Å². The molecule has 6 rings (SSSR count). The zero-order chi connectivity index (χ0) is 32.2. The standard InChI is InChI=1S/C35H36N6O5/c1-20(38-33(43)28-17-25-24-12-6-8-14-27(24)39-31(25)19-37-28)32(42)40-29(15-21-9-3-2-4-10-21)34(44)41-30(35(45)46)16-22-18-36-26-13-7-5-11-23(22)26/h2-14,18,20,28-30,36-37,39H,15-17,19H2,1H3,(H,38,43)(H,40,42)(H,41,44)(H,45,46)/t20-,28-,29-,30-/m0/s1. The number of benzene rings is 3. The highest BCUT2D eigenvalue weighted by Gasteiger charge is 2.31. The molecule has 1 aliphatic heterocycles. The lowest BCUT2D eigenvalue weighted by molar-refractivity contribution is -0.142. The lowest BCUT2D eigenvalue weighted by Gasteiger charge is -2.26. The summed E-state index contributed by atoms with van der Waals surface area (Å²) in [4.78, 5) is 59.0. The molecule has 3 heterocycles. The Bertz CT molecular complexity index is 1900. The van der Waals surface area contributed by atoms with E-state index in [2.05, 4.69) is 31.2 Å². The number of H-pyrrole nitrogens is 2. The van der Waals surface area contributed by atoms with E-state index in [0.29, 0.717) is 13.0 Å². The first kappa shape index (κ1) is 30.6. The van der Waals surface area contributed by atoms with Crippen molar-refractivity contribution in [2.24, 2.45) is 0 Å². The van der Waals surface area contributed by atoms with Crippen LogP contribution in [-0.2, 0) is 45.0 Å². The van der Waals surface area contributed by atoms with Gasteiger partial charge in [-0.3, -0.25) is 19.7 Å². The van der Waals surface area contributed by atoms with Gasteiger partial charge in [-0.15, -0.1) is 0 Å². The largest absolute Gasteiger partial charge is 0.480 e. The molecular weight excluding hydrogens is 584 g/mol. The van der Waals surface area contributed by atoms with Crippen molar-refractivity contribution >= 4 is 45.5 Å². The van der Waals surface area contributed by atoms with E-state index in [4.69, 9.17) is 0 Å². The molecule has 11 nitrogen and oxygen atoms in total. The number of hydrogen-bond acceptors (Lipinski definition) is 5. The molecule has 7 N–H and O–H groups in total. The van der Waals surface area contributed by atoms with Gasteiger partial charge < -0.3 is 31.0 Å². The fourth-order valence-corrected chi connectivity index (χ4v) is 6.05. The first-order valence-electron chi connectivity index (χ1n) is 15.3.